The second kappa shape index (κ2) is 28.1. The highest BCUT2D eigenvalue weighted by molar-refractivity contribution is 7.99. The van der Waals surface area contributed by atoms with Gasteiger partial charge in [-0.05, 0) is 19.9 Å². The number of nitrogens with one attached hydrogen (secondary N) is 6. The second-order valence-electron chi connectivity index (χ2n) is 12.3. The molecule has 0 aromatic rings. The Hall–Kier alpha value is -0.630. The van der Waals surface area contributed by atoms with Gasteiger partial charge in [0.2, 0.25) is 5.91 Å². The molecule has 7 aliphatic rings. The summed E-state index contributed by atoms with van der Waals surface area (Å²) in [5.41, 5.74) is 0. The van der Waals surface area contributed by atoms with Gasteiger partial charge >= 0.3 is 0 Å². The Morgan fingerprint density at radius 2 is 1.30 bits per heavy atom. The molecule has 6 aliphatic heterocycles. The Morgan fingerprint density at radius 3 is 1.64 bits per heavy atom. The molecule has 6 heterocycles. The first-order chi connectivity index (χ1) is 22.9. The molecule has 47 heavy (non-hydrogen) atoms. The molecule has 0 bridgehead atoms. The quantitative estimate of drug-likeness (QED) is 0.184. The average Bonchev–Trinajstić information content (AvgIpc) is 3.97. The number of hydrogen-bond acceptors (Lipinski definition) is 14. The van der Waals surface area contributed by atoms with E-state index in [1.807, 2.05) is 11.8 Å². The number of carbonyl (C=O) groups is 1. The largest absolute Gasteiger partial charge is 0.383 e. The van der Waals surface area contributed by atoms with Gasteiger partial charge in [0, 0.05) is 142 Å². The van der Waals surface area contributed by atoms with Crippen LogP contribution in [0.3, 0.4) is 0 Å². The van der Waals surface area contributed by atoms with Crippen LogP contribution in [-0.2, 0) is 24.1 Å². The number of sulfone groups is 1. The maximum atomic E-state index is 10.6. The molecule has 0 aromatic heterocycles. The molecule has 16 heteroatoms. The minimum absolute atomic E-state index is 0.00810. The van der Waals surface area contributed by atoms with Crippen molar-refractivity contribution in [3.05, 3.63) is 0 Å². The van der Waals surface area contributed by atoms with Crippen LogP contribution in [0.2, 0.25) is 0 Å². The minimum atomic E-state index is -2.65. The number of rotatable bonds is 4. The third-order valence-corrected chi connectivity index (χ3v) is 10.8. The fourth-order valence-electron chi connectivity index (χ4n) is 5.10. The van der Waals surface area contributed by atoms with Crippen LogP contribution in [0.25, 0.3) is 0 Å². The fourth-order valence-corrected chi connectivity index (χ4v) is 6.99. The van der Waals surface area contributed by atoms with Crippen molar-refractivity contribution in [3.63, 3.8) is 0 Å². The molecule has 1 amide bonds. The summed E-state index contributed by atoms with van der Waals surface area (Å²) in [6.45, 7) is 21.5. The lowest BCUT2D eigenvalue weighted by Gasteiger charge is -2.26. The zero-order valence-corrected chi connectivity index (χ0v) is 31.0. The van der Waals surface area contributed by atoms with Crippen LogP contribution < -0.4 is 31.9 Å². The van der Waals surface area contributed by atoms with Gasteiger partial charge in [-0.3, -0.25) is 14.6 Å². The molecule has 7 fully saturated rings. The number of piperazine rings is 3. The summed E-state index contributed by atoms with van der Waals surface area (Å²) in [4.78, 5) is 17.6. The maximum Gasteiger partial charge on any atom is 0.246 e. The molecule has 0 atom stereocenters. The smallest absolute Gasteiger partial charge is 0.246 e. The Morgan fingerprint density at radius 1 is 0.766 bits per heavy atom. The minimum Gasteiger partial charge on any atom is -0.383 e. The van der Waals surface area contributed by atoms with E-state index in [-0.39, 0.29) is 12.5 Å². The van der Waals surface area contributed by atoms with E-state index in [0.29, 0.717) is 37.7 Å². The number of thioether (sulfide) groups is 1. The van der Waals surface area contributed by atoms with Gasteiger partial charge in [0.15, 0.2) is 9.84 Å². The first kappa shape index (κ1) is 42.5. The summed E-state index contributed by atoms with van der Waals surface area (Å²) in [5, 5.41) is 18.8. The number of ether oxygens (including phenoxy) is 2. The van der Waals surface area contributed by atoms with Crippen molar-refractivity contribution in [3.8, 4) is 0 Å². The Kier molecular flexibility index (Phi) is 25.4. The maximum absolute atomic E-state index is 10.6. The molecule has 1 saturated carbocycles. The predicted octanol–water partition coefficient (Wildman–Crippen LogP) is -2.43. The summed E-state index contributed by atoms with van der Waals surface area (Å²) >= 11 is 2.03. The van der Waals surface area contributed by atoms with Gasteiger partial charge in [-0.1, -0.05) is 0 Å². The fraction of sp³-hybridized carbons (Fsp3) is 0.968. The second-order valence-corrected chi connectivity index (χ2v) is 15.8. The monoisotopic (exact) mass is 709 g/mol. The SMILES string of the molecule is C1CN(C2CC2)CCN1.C1CSCCN1.CN1CCNCC1.COCCN1CCNCC1.O=C1COCCN1.O=S1(=O)CCNCC1. The van der Waals surface area contributed by atoms with E-state index in [9.17, 15) is 13.2 Å². The summed E-state index contributed by atoms with van der Waals surface area (Å²) in [5.74, 6) is 3.23. The number of hydrogen-bond donors (Lipinski definition) is 6. The average molecular weight is 710 g/mol. The Labute approximate surface area is 289 Å². The van der Waals surface area contributed by atoms with Crippen molar-refractivity contribution in [2.45, 2.75) is 18.9 Å². The first-order valence-electron chi connectivity index (χ1n) is 17.7. The van der Waals surface area contributed by atoms with E-state index < -0.39 is 9.84 Å². The van der Waals surface area contributed by atoms with Crippen molar-refractivity contribution in [2.75, 3.05) is 175 Å². The normalized spacial score (nSPS) is 25.1. The van der Waals surface area contributed by atoms with Crippen molar-refractivity contribution < 1.29 is 22.7 Å². The van der Waals surface area contributed by atoms with Crippen LogP contribution in [0.5, 0.6) is 0 Å². The number of nitrogens with zero attached hydrogens (tertiary/aromatic N) is 3. The summed E-state index contributed by atoms with van der Waals surface area (Å²) in [7, 11) is 1.26. The third kappa shape index (κ3) is 25.0. The number of amides is 1. The zero-order chi connectivity index (χ0) is 33.8. The van der Waals surface area contributed by atoms with E-state index in [1.165, 1.54) is 89.8 Å². The summed E-state index contributed by atoms with van der Waals surface area (Å²) in [6.07, 6.45) is 2.92. The van der Waals surface area contributed by atoms with Gasteiger partial charge in [-0.25, -0.2) is 8.42 Å². The number of morpholine rings is 1. The molecular weight excluding hydrogens is 643 g/mol. The van der Waals surface area contributed by atoms with E-state index >= 15 is 0 Å². The van der Waals surface area contributed by atoms with E-state index in [4.69, 9.17) is 9.47 Å². The number of carbonyl (C=O) groups excluding carboxylic acids is 1. The zero-order valence-electron chi connectivity index (χ0n) is 29.4. The first-order valence-corrected chi connectivity index (χ1v) is 20.7. The lowest BCUT2D eigenvalue weighted by atomic mass is 10.3. The summed E-state index contributed by atoms with van der Waals surface area (Å²) in [6, 6.07) is 0.979. The van der Waals surface area contributed by atoms with E-state index in [0.717, 1.165) is 45.4 Å². The molecule has 0 unspecified atom stereocenters. The van der Waals surface area contributed by atoms with Crippen molar-refractivity contribution in [1.82, 2.24) is 46.6 Å². The van der Waals surface area contributed by atoms with Gasteiger partial charge in [0.05, 0.1) is 24.7 Å². The van der Waals surface area contributed by atoms with E-state index in [2.05, 4.69) is 53.6 Å². The van der Waals surface area contributed by atoms with Crippen LogP contribution in [0.15, 0.2) is 0 Å². The van der Waals surface area contributed by atoms with E-state index in [1.54, 1.807) is 7.11 Å². The van der Waals surface area contributed by atoms with Crippen molar-refractivity contribution in [2.24, 2.45) is 0 Å². The lowest BCUT2D eigenvalue weighted by molar-refractivity contribution is -0.128. The number of likely N-dealkylation sites (N-methyl/N-ethyl adjacent to an activating group) is 1. The molecule has 0 radical (unpaired) electrons. The van der Waals surface area contributed by atoms with Gasteiger partial charge in [0.1, 0.15) is 6.61 Å². The molecule has 6 saturated heterocycles. The van der Waals surface area contributed by atoms with Crippen LogP contribution in [0.4, 0.5) is 0 Å². The lowest BCUT2D eigenvalue weighted by Crippen LogP contribution is -2.44. The molecule has 278 valence electrons. The predicted molar refractivity (Wildman–Crippen MR) is 195 cm³/mol. The highest BCUT2D eigenvalue weighted by Crippen LogP contribution is 2.26. The highest BCUT2D eigenvalue weighted by Gasteiger charge is 2.29. The van der Waals surface area contributed by atoms with Gasteiger partial charge in [-0.15, -0.1) is 0 Å². The van der Waals surface area contributed by atoms with Gasteiger partial charge in [-0.2, -0.15) is 11.8 Å². The van der Waals surface area contributed by atoms with Crippen LogP contribution in [0.1, 0.15) is 12.8 Å². The standard InChI is InChI=1S/C7H16N2O.C7H14N2.C5H12N2.C4H9NO2S.C4H7NO2.C4H9NS/c1-10-7-6-9-4-2-8-3-5-9;1-2-7(1)9-5-3-8-4-6-9;1-7-4-2-6-3-5-7;6-8(7)3-1-5-2-4-8;6-4-3-7-2-1-5-4;1-3-6-4-2-5-1/h8H,2-7H2,1H3;7-8H,1-6H2;6H,2-5H2,1H3;5H,1-4H2;1-3H2,(H,5,6);5H,1-4H2. The molecule has 0 aromatic carbocycles. The molecule has 14 nitrogen and oxygen atoms in total. The Bertz CT molecular complexity index is 821. The number of methoxy groups -OCH3 is 1. The van der Waals surface area contributed by atoms with Crippen molar-refractivity contribution in [1.29, 1.82) is 0 Å². The van der Waals surface area contributed by atoms with Gasteiger partial charge in [0.25, 0.3) is 0 Å². The molecule has 1 aliphatic carbocycles. The molecular formula is C31H67N9O5S2. The molecule has 0 spiro atoms. The Balaban J connectivity index is 0.000000198. The topological polar surface area (TPSA) is 152 Å². The highest BCUT2D eigenvalue weighted by atomic mass is 32.2. The molecule has 6 N–H and O–H groups in total. The van der Waals surface area contributed by atoms with Crippen LogP contribution >= 0.6 is 11.8 Å². The third-order valence-electron chi connectivity index (χ3n) is 8.20. The van der Waals surface area contributed by atoms with Crippen LogP contribution in [-0.4, -0.2) is 210 Å². The van der Waals surface area contributed by atoms with Gasteiger partial charge < -0.3 is 46.3 Å². The van der Waals surface area contributed by atoms with Crippen molar-refractivity contribution >= 4 is 27.5 Å². The summed E-state index contributed by atoms with van der Waals surface area (Å²) < 4.78 is 31.0. The van der Waals surface area contributed by atoms with Crippen LogP contribution in [0, 0.1) is 0 Å². The molecule has 7 rings (SSSR count).